The zero-order chi connectivity index (χ0) is 11.5. The molecule has 1 heterocycles. The third kappa shape index (κ3) is 2.07. The van der Waals surface area contributed by atoms with Crippen LogP contribution in [0.4, 0.5) is 8.78 Å². The second-order valence-electron chi connectivity index (χ2n) is 3.75. The molecule has 0 atom stereocenters. The summed E-state index contributed by atoms with van der Waals surface area (Å²) in [5.41, 5.74) is 1.92. The van der Waals surface area contributed by atoms with Crippen LogP contribution in [0.3, 0.4) is 0 Å². The number of para-hydroxylation sites is 1. The number of nitrogens with zero attached hydrogens (tertiary/aromatic N) is 1. The summed E-state index contributed by atoms with van der Waals surface area (Å²) in [5, 5.41) is 4.08. The summed E-state index contributed by atoms with van der Waals surface area (Å²) in [6, 6.07) is 7.63. The number of halogens is 2. The highest BCUT2D eigenvalue weighted by Crippen LogP contribution is 2.21. The van der Waals surface area contributed by atoms with Gasteiger partial charge in [0.2, 0.25) is 0 Å². The second kappa shape index (κ2) is 4.61. The number of aromatic nitrogens is 1. The fourth-order valence-electron chi connectivity index (χ4n) is 1.95. The number of rotatable bonds is 4. The van der Waals surface area contributed by atoms with Gasteiger partial charge in [0.25, 0.3) is 6.43 Å². The van der Waals surface area contributed by atoms with Gasteiger partial charge in [0.15, 0.2) is 0 Å². The zero-order valence-corrected chi connectivity index (χ0v) is 9.08. The van der Waals surface area contributed by atoms with E-state index in [-0.39, 0.29) is 6.54 Å². The van der Waals surface area contributed by atoms with E-state index in [2.05, 4.69) is 5.32 Å². The summed E-state index contributed by atoms with van der Waals surface area (Å²) >= 11 is 0. The molecule has 0 saturated carbocycles. The summed E-state index contributed by atoms with van der Waals surface area (Å²) in [5.74, 6) is 0. The average Bonchev–Trinajstić information content (AvgIpc) is 2.58. The molecule has 16 heavy (non-hydrogen) atoms. The van der Waals surface area contributed by atoms with E-state index in [1.807, 2.05) is 31.3 Å². The van der Waals surface area contributed by atoms with Gasteiger partial charge in [-0.05, 0) is 18.7 Å². The molecule has 0 unspecified atom stereocenters. The molecule has 2 aromatic rings. The van der Waals surface area contributed by atoms with Gasteiger partial charge < -0.3 is 9.88 Å². The molecule has 4 heteroatoms. The molecule has 2 rings (SSSR count). The van der Waals surface area contributed by atoms with Crippen LogP contribution in [0.2, 0.25) is 0 Å². The number of hydrogen-bond donors (Lipinski definition) is 1. The van der Waals surface area contributed by atoms with Crippen LogP contribution in [0.25, 0.3) is 10.9 Å². The minimum Gasteiger partial charge on any atom is -0.341 e. The molecule has 0 radical (unpaired) electrons. The molecule has 0 aliphatic heterocycles. The maximum absolute atomic E-state index is 12.4. The molecule has 0 fully saturated rings. The van der Waals surface area contributed by atoms with Gasteiger partial charge in [0, 0.05) is 23.6 Å². The topological polar surface area (TPSA) is 17.0 Å². The van der Waals surface area contributed by atoms with Gasteiger partial charge in [-0.2, -0.15) is 0 Å². The van der Waals surface area contributed by atoms with Gasteiger partial charge in [0.1, 0.15) is 0 Å². The molecule has 1 aromatic heterocycles. The normalized spacial score (nSPS) is 11.5. The fraction of sp³-hybridized carbons (Fsp3) is 0.333. The Kier molecular flexibility index (Phi) is 3.19. The minimum absolute atomic E-state index is 0.246. The molecule has 1 N–H and O–H groups in total. The maximum atomic E-state index is 12.4. The van der Waals surface area contributed by atoms with E-state index in [1.165, 1.54) is 0 Å². The van der Waals surface area contributed by atoms with Crippen molar-refractivity contribution in [1.29, 1.82) is 0 Å². The van der Waals surface area contributed by atoms with Gasteiger partial charge in [-0.25, -0.2) is 8.78 Å². The number of fused-ring (bicyclic) bond motifs is 1. The van der Waals surface area contributed by atoms with Crippen molar-refractivity contribution in [3.05, 3.63) is 36.0 Å². The predicted octanol–water partition coefficient (Wildman–Crippen LogP) is 2.63. The first-order valence-corrected chi connectivity index (χ1v) is 5.22. The highest BCUT2D eigenvalue weighted by atomic mass is 19.3. The molecule has 0 aliphatic rings. The van der Waals surface area contributed by atoms with Crippen molar-refractivity contribution >= 4 is 10.9 Å². The van der Waals surface area contributed by atoms with Crippen LogP contribution in [0.1, 0.15) is 5.56 Å². The highest BCUT2D eigenvalue weighted by Gasteiger charge is 2.10. The van der Waals surface area contributed by atoms with Crippen molar-refractivity contribution in [2.24, 2.45) is 0 Å². The molecule has 0 bridgehead atoms. The van der Waals surface area contributed by atoms with E-state index in [0.29, 0.717) is 6.54 Å². The predicted molar refractivity (Wildman–Crippen MR) is 60.7 cm³/mol. The Bertz CT molecular complexity index is 477. The van der Waals surface area contributed by atoms with E-state index in [0.717, 1.165) is 16.5 Å². The second-order valence-corrected chi connectivity index (χ2v) is 3.75. The molecule has 0 amide bonds. The van der Waals surface area contributed by atoms with Crippen LogP contribution in [-0.2, 0) is 13.1 Å². The van der Waals surface area contributed by atoms with Crippen LogP contribution in [0.5, 0.6) is 0 Å². The van der Waals surface area contributed by atoms with Gasteiger partial charge in [0.05, 0.1) is 6.54 Å². The Morgan fingerprint density at radius 2 is 2.06 bits per heavy atom. The Hall–Kier alpha value is -1.42. The highest BCUT2D eigenvalue weighted by molar-refractivity contribution is 5.83. The lowest BCUT2D eigenvalue weighted by atomic mass is 10.2. The van der Waals surface area contributed by atoms with Crippen molar-refractivity contribution in [3.63, 3.8) is 0 Å². The van der Waals surface area contributed by atoms with E-state index in [9.17, 15) is 8.78 Å². The zero-order valence-electron chi connectivity index (χ0n) is 9.08. The standard InChI is InChI=1S/C12H14F2N2/c1-15-6-9-7-16(8-12(13)14)11-5-3-2-4-10(9)11/h2-5,7,12,15H,6,8H2,1H3. The van der Waals surface area contributed by atoms with Gasteiger partial charge >= 0.3 is 0 Å². The summed E-state index contributed by atoms with van der Waals surface area (Å²) in [4.78, 5) is 0. The quantitative estimate of drug-likeness (QED) is 0.844. The summed E-state index contributed by atoms with van der Waals surface area (Å²) in [6.07, 6.45) is -0.522. The van der Waals surface area contributed by atoms with Gasteiger partial charge in [-0.1, -0.05) is 18.2 Å². The Balaban J connectivity index is 2.48. The molecular weight excluding hydrogens is 210 g/mol. The van der Waals surface area contributed by atoms with Crippen molar-refractivity contribution in [1.82, 2.24) is 9.88 Å². The molecule has 86 valence electrons. The van der Waals surface area contributed by atoms with Crippen LogP contribution in [0, 0.1) is 0 Å². The lowest BCUT2D eigenvalue weighted by Gasteiger charge is -2.03. The Morgan fingerprint density at radius 1 is 1.31 bits per heavy atom. The van der Waals surface area contributed by atoms with Gasteiger partial charge in [-0.15, -0.1) is 0 Å². The van der Waals surface area contributed by atoms with Crippen molar-refractivity contribution in [3.8, 4) is 0 Å². The van der Waals surface area contributed by atoms with Crippen LogP contribution in [0.15, 0.2) is 30.5 Å². The first-order chi connectivity index (χ1) is 7.72. The lowest BCUT2D eigenvalue weighted by molar-refractivity contribution is 0.128. The van der Waals surface area contributed by atoms with Crippen molar-refractivity contribution < 1.29 is 8.78 Å². The van der Waals surface area contributed by atoms with E-state index in [4.69, 9.17) is 0 Å². The molecule has 2 nitrogen and oxygen atoms in total. The molecule has 0 aliphatic carbocycles. The number of alkyl halides is 2. The number of nitrogens with one attached hydrogen (secondary N) is 1. The van der Waals surface area contributed by atoms with Crippen LogP contribution < -0.4 is 5.32 Å². The molecular formula is C12H14F2N2. The lowest BCUT2D eigenvalue weighted by Crippen LogP contribution is -2.06. The van der Waals surface area contributed by atoms with E-state index >= 15 is 0 Å². The maximum Gasteiger partial charge on any atom is 0.256 e. The SMILES string of the molecule is CNCc1cn(CC(F)F)c2ccccc12. The third-order valence-electron chi connectivity index (χ3n) is 2.57. The molecule has 1 aromatic carbocycles. The Morgan fingerprint density at radius 3 is 2.75 bits per heavy atom. The smallest absolute Gasteiger partial charge is 0.256 e. The number of hydrogen-bond acceptors (Lipinski definition) is 1. The monoisotopic (exact) mass is 224 g/mol. The summed E-state index contributed by atoms with van der Waals surface area (Å²) in [7, 11) is 1.85. The largest absolute Gasteiger partial charge is 0.341 e. The van der Waals surface area contributed by atoms with Crippen LogP contribution >= 0.6 is 0 Å². The van der Waals surface area contributed by atoms with E-state index < -0.39 is 6.43 Å². The molecule has 0 spiro atoms. The molecule has 0 saturated heterocycles. The summed E-state index contributed by atoms with van der Waals surface area (Å²) < 4.78 is 26.4. The summed E-state index contributed by atoms with van der Waals surface area (Å²) in [6.45, 7) is 0.445. The van der Waals surface area contributed by atoms with Gasteiger partial charge in [-0.3, -0.25) is 0 Å². The van der Waals surface area contributed by atoms with Crippen molar-refractivity contribution in [2.45, 2.75) is 19.5 Å². The average molecular weight is 224 g/mol. The first-order valence-electron chi connectivity index (χ1n) is 5.22. The first kappa shape index (κ1) is 11.1. The third-order valence-corrected chi connectivity index (χ3v) is 2.57. The number of benzene rings is 1. The minimum atomic E-state index is -2.32. The van der Waals surface area contributed by atoms with Crippen LogP contribution in [-0.4, -0.2) is 18.0 Å². The fourth-order valence-corrected chi connectivity index (χ4v) is 1.95. The van der Waals surface area contributed by atoms with E-state index in [1.54, 1.807) is 10.8 Å². The van der Waals surface area contributed by atoms with Crippen molar-refractivity contribution in [2.75, 3.05) is 7.05 Å². The Labute approximate surface area is 92.9 Å².